The van der Waals surface area contributed by atoms with Gasteiger partial charge in [0.2, 0.25) is 0 Å². The van der Waals surface area contributed by atoms with Crippen LogP contribution in [0.25, 0.3) is 0 Å². The summed E-state index contributed by atoms with van der Waals surface area (Å²) in [6.45, 7) is 0.0521. The van der Waals surface area contributed by atoms with Crippen molar-refractivity contribution >= 4 is 17.5 Å². The Labute approximate surface area is 121 Å². The molecule has 3 nitrogen and oxygen atoms in total. The number of carbonyl (C=O) groups is 1. The lowest BCUT2D eigenvalue weighted by molar-refractivity contribution is 0.0916. The molecule has 1 atom stereocenters. The zero-order valence-electron chi connectivity index (χ0n) is 10.5. The van der Waals surface area contributed by atoms with E-state index >= 15 is 0 Å². The number of aliphatic hydroxyl groups excluding tert-OH is 1. The summed E-state index contributed by atoms with van der Waals surface area (Å²) < 4.78 is 12.9. The third-order valence-corrected chi connectivity index (χ3v) is 3.13. The molecule has 2 aromatic carbocycles. The second-order valence-electron chi connectivity index (χ2n) is 4.26. The third-order valence-electron chi connectivity index (χ3n) is 2.82. The molecule has 0 aromatic heterocycles. The van der Waals surface area contributed by atoms with Gasteiger partial charge in [-0.3, -0.25) is 4.79 Å². The monoisotopic (exact) mass is 293 g/mol. The van der Waals surface area contributed by atoms with Gasteiger partial charge < -0.3 is 10.4 Å². The molecule has 5 heteroatoms. The van der Waals surface area contributed by atoms with Crippen LogP contribution in [0, 0.1) is 5.82 Å². The number of hydrogen-bond acceptors (Lipinski definition) is 2. The summed E-state index contributed by atoms with van der Waals surface area (Å²) in [5.41, 5.74) is 0.881. The van der Waals surface area contributed by atoms with Crippen LogP contribution in [0.15, 0.2) is 48.5 Å². The van der Waals surface area contributed by atoms with Crippen molar-refractivity contribution in [2.45, 2.75) is 6.10 Å². The molecule has 20 heavy (non-hydrogen) atoms. The topological polar surface area (TPSA) is 49.3 Å². The van der Waals surface area contributed by atoms with Gasteiger partial charge in [-0.1, -0.05) is 41.9 Å². The zero-order chi connectivity index (χ0) is 14.5. The summed E-state index contributed by atoms with van der Waals surface area (Å²) in [6.07, 6.45) is -0.806. The highest BCUT2D eigenvalue weighted by Crippen LogP contribution is 2.17. The average Bonchev–Trinajstić information content (AvgIpc) is 2.45. The van der Waals surface area contributed by atoms with Crippen molar-refractivity contribution in [3.05, 3.63) is 70.5 Å². The minimum Gasteiger partial charge on any atom is -0.387 e. The molecular formula is C15H13ClFNO2. The number of aliphatic hydroxyl groups is 1. The fraction of sp³-hybridized carbons (Fsp3) is 0.133. The fourth-order valence-electron chi connectivity index (χ4n) is 1.75. The van der Waals surface area contributed by atoms with E-state index in [1.807, 2.05) is 6.07 Å². The van der Waals surface area contributed by atoms with E-state index in [9.17, 15) is 14.3 Å². The average molecular weight is 294 g/mol. The van der Waals surface area contributed by atoms with Crippen LogP contribution < -0.4 is 5.32 Å². The summed E-state index contributed by atoms with van der Waals surface area (Å²) in [7, 11) is 0. The van der Waals surface area contributed by atoms with E-state index in [4.69, 9.17) is 11.6 Å². The normalized spacial score (nSPS) is 11.9. The number of hydrogen-bond donors (Lipinski definition) is 2. The Morgan fingerprint density at radius 3 is 2.60 bits per heavy atom. The van der Waals surface area contributed by atoms with Crippen molar-refractivity contribution in [1.82, 2.24) is 5.32 Å². The smallest absolute Gasteiger partial charge is 0.252 e. The van der Waals surface area contributed by atoms with Crippen LogP contribution in [0.2, 0.25) is 5.02 Å². The van der Waals surface area contributed by atoms with Gasteiger partial charge in [-0.25, -0.2) is 4.39 Å². The molecule has 0 aliphatic heterocycles. The first kappa shape index (κ1) is 14.5. The van der Waals surface area contributed by atoms with E-state index in [0.717, 1.165) is 12.1 Å². The molecule has 0 radical (unpaired) electrons. The van der Waals surface area contributed by atoms with E-state index in [1.54, 1.807) is 24.3 Å². The van der Waals surface area contributed by atoms with Crippen molar-refractivity contribution in [2.24, 2.45) is 0 Å². The van der Waals surface area contributed by atoms with Crippen LogP contribution in [0.5, 0.6) is 0 Å². The Kier molecular flexibility index (Phi) is 4.71. The zero-order valence-corrected chi connectivity index (χ0v) is 11.3. The highest BCUT2D eigenvalue weighted by atomic mass is 35.5. The fourth-order valence-corrected chi connectivity index (χ4v) is 2.00. The molecule has 0 fully saturated rings. The van der Waals surface area contributed by atoms with Gasteiger partial charge in [-0.05, 0) is 23.8 Å². The van der Waals surface area contributed by atoms with E-state index in [1.165, 1.54) is 6.07 Å². The van der Waals surface area contributed by atoms with Crippen LogP contribution >= 0.6 is 11.6 Å². The van der Waals surface area contributed by atoms with Gasteiger partial charge in [0.1, 0.15) is 5.82 Å². The number of nitrogens with one attached hydrogen (secondary N) is 1. The number of rotatable bonds is 4. The molecule has 104 valence electrons. The summed E-state index contributed by atoms with van der Waals surface area (Å²) in [5.74, 6) is -0.958. The maximum absolute atomic E-state index is 12.9. The minimum absolute atomic E-state index is 0.0386. The SMILES string of the molecule is O=C(NC[C@@H](O)c1ccccc1)c1ccc(F)cc1Cl. The van der Waals surface area contributed by atoms with Gasteiger partial charge in [-0.15, -0.1) is 0 Å². The Morgan fingerprint density at radius 1 is 1.25 bits per heavy atom. The molecule has 2 rings (SSSR count). The standard InChI is InChI=1S/C15H13ClFNO2/c16-13-8-11(17)6-7-12(13)15(20)18-9-14(19)10-4-2-1-3-5-10/h1-8,14,19H,9H2,(H,18,20)/t14-/m1/s1. The van der Waals surface area contributed by atoms with Gasteiger partial charge in [0.25, 0.3) is 5.91 Å². The number of halogens is 2. The quantitative estimate of drug-likeness (QED) is 0.910. The summed E-state index contributed by atoms with van der Waals surface area (Å²) in [5, 5.41) is 12.5. The maximum Gasteiger partial charge on any atom is 0.252 e. The predicted octanol–water partition coefficient (Wildman–Crippen LogP) is 2.94. The lowest BCUT2D eigenvalue weighted by atomic mass is 10.1. The first-order valence-corrected chi connectivity index (χ1v) is 6.42. The lowest BCUT2D eigenvalue weighted by Gasteiger charge is -2.12. The lowest BCUT2D eigenvalue weighted by Crippen LogP contribution is -2.28. The second kappa shape index (κ2) is 6.50. The van der Waals surface area contributed by atoms with E-state index in [-0.39, 0.29) is 17.1 Å². The first-order valence-electron chi connectivity index (χ1n) is 6.04. The molecule has 0 bridgehead atoms. The van der Waals surface area contributed by atoms with Crippen molar-refractivity contribution in [3.8, 4) is 0 Å². The molecule has 0 aliphatic rings. The van der Waals surface area contributed by atoms with Gasteiger partial charge >= 0.3 is 0 Å². The second-order valence-corrected chi connectivity index (χ2v) is 4.67. The van der Waals surface area contributed by atoms with Crippen molar-refractivity contribution in [1.29, 1.82) is 0 Å². The third kappa shape index (κ3) is 3.56. The van der Waals surface area contributed by atoms with Crippen LogP contribution in [0.1, 0.15) is 22.0 Å². The van der Waals surface area contributed by atoms with Crippen LogP contribution in [0.4, 0.5) is 4.39 Å². The molecule has 0 unspecified atom stereocenters. The van der Waals surface area contributed by atoms with E-state index < -0.39 is 17.8 Å². The molecule has 0 saturated heterocycles. The van der Waals surface area contributed by atoms with Crippen molar-refractivity contribution in [3.63, 3.8) is 0 Å². The highest BCUT2D eigenvalue weighted by molar-refractivity contribution is 6.33. The Bertz CT molecular complexity index is 604. The van der Waals surface area contributed by atoms with Gasteiger partial charge in [-0.2, -0.15) is 0 Å². The van der Waals surface area contributed by atoms with Gasteiger partial charge in [0.15, 0.2) is 0 Å². The van der Waals surface area contributed by atoms with Crippen molar-refractivity contribution in [2.75, 3.05) is 6.54 Å². The molecule has 1 amide bonds. The van der Waals surface area contributed by atoms with Crippen LogP contribution in [-0.4, -0.2) is 17.6 Å². The summed E-state index contributed by atoms with van der Waals surface area (Å²) in [6, 6.07) is 12.5. The summed E-state index contributed by atoms with van der Waals surface area (Å²) >= 11 is 5.79. The van der Waals surface area contributed by atoms with E-state index in [0.29, 0.717) is 5.56 Å². The predicted molar refractivity (Wildman–Crippen MR) is 75.1 cm³/mol. The molecule has 0 spiro atoms. The molecule has 2 N–H and O–H groups in total. The molecule has 0 saturated carbocycles. The minimum atomic E-state index is -0.806. The number of benzene rings is 2. The van der Waals surface area contributed by atoms with E-state index in [2.05, 4.69) is 5.32 Å². The van der Waals surface area contributed by atoms with Crippen molar-refractivity contribution < 1.29 is 14.3 Å². The molecule has 0 heterocycles. The molecule has 0 aliphatic carbocycles. The first-order chi connectivity index (χ1) is 9.58. The van der Waals surface area contributed by atoms with Crippen LogP contribution in [-0.2, 0) is 0 Å². The molecular weight excluding hydrogens is 281 g/mol. The Morgan fingerprint density at radius 2 is 1.95 bits per heavy atom. The maximum atomic E-state index is 12.9. The Balaban J connectivity index is 1.99. The largest absolute Gasteiger partial charge is 0.387 e. The van der Waals surface area contributed by atoms with Gasteiger partial charge in [0, 0.05) is 6.54 Å². The number of carbonyl (C=O) groups excluding carboxylic acids is 1. The highest BCUT2D eigenvalue weighted by Gasteiger charge is 2.13. The van der Waals surface area contributed by atoms with Gasteiger partial charge in [0.05, 0.1) is 16.7 Å². The number of amides is 1. The molecule has 2 aromatic rings. The Hall–Kier alpha value is -1.91. The van der Waals surface area contributed by atoms with Crippen LogP contribution in [0.3, 0.4) is 0 Å². The summed E-state index contributed by atoms with van der Waals surface area (Å²) in [4.78, 5) is 11.9.